The zero-order valence-corrected chi connectivity index (χ0v) is 13.1. The van der Waals surface area contributed by atoms with Crippen LogP contribution in [0.5, 0.6) is 5.75 Å². The summed E-state index contributed by atoms with van der Waals surface area (Å²) in [4.78, 5) is 12.0. The third kappa shape index (κ3) is 6.49. The van der Waals surface area contributed by atoms with Crippen molar-refractivity contribution in [3.05, 3.63) is 23.8 Å². The van der Waals surface area contributed by atoms with Crippen LogP contribution in [0.1, 0.15) is 37.6 Å². The summed E-state index contributed by atoms with van der Waals surface area (Å²) in [7, 11) is 0. The molecule has 0 aliphatic carbocycles. The molecule has 0 unspecified atom stereocenters. The normalized spacial score (nSPS) is 10.7. The van der Waals surface area contributed by atoms with Gasteiger partial charge in [0.05, 0.1) is 12.3 Å². The van der Waals surface area contributed by atoms with Gasteiger partial charge in [-0.25, -0.2) is 0 Å². The number of hydrogen-bond acceptors (Lipinski definition) is 4. The molecule has 0 radical (unpaired) electrons. The monoisotopic (exact) mass is 294 g/mol. The molecule has 0 aliphatic heterocycles. The number of carbonyl (C=O) groups is 1. The van der Waals surface area contributed by atoms with Crippen molar-refractivity contribution >= 4 is 11.6 Å². The Balaban J connectivity index is 2.53. The molecule has 1 aromatic carbocycles. The Bertz CT molecular complexity index is 447. The van der Waals surface area contributed by atoms with Gasteiger partial charge in [0.2, 0.25) is 0 Å². The lowest BCUT2D eigenvalue weighted by Crippen LogP contribution is -2.25. The fraction of sp³-hybridized carbons (Fsp3) is 0.562. The molecule has 0 saturated heterocycles. The van der Waals surface area contributed by atoms with E-state index in [-0.39, 0.29) is 5.91 Å². The topological polar surface area (TPSA) is 73.6 Å². The number of hydrogen-bond donors (Lipinski definition) is 2. The van der Waals surface area contributed by atoms with Gasteiger partial charge in [-0.05, 0) is 37.5 Å². The minimum Gasteiger partial charge on any atom is -0.491 e. The second-order valence-electron chi connectivity index (χ2n) is 5.26. The van der Waals surface area contributed by atoms with E-state index in [0.717, 1.165) is 6.42 Å². The smallest absolute Gasteiger partial charge is 0.251 e. The summed E-state index contributed by atoms with van der Waals surface area (Å²) >= 11 is 0. The summed E-state index contributed by atoms with van der Waals surface area (Å²) in [6.45, 7) is 8.58. The minimum atomic E-state index is -0.124. The minimum absolute atomic E-state index is 0.124. The van der Waals surface area contributed by atoms with Crippen LogP contribution < -0.4 is 15.8 Å². The lowest BCUT2D eigenvalue weighted by Gasteiger charge is -2.12. The first-order valence-corrected chi connectivity index (χ1v) is 7.42. The molecule has 21 heavy (non-hydrogen) atoms. The molecule has 0 aromatic heterocycles. The SMILES string of the molecule is CCOCCCNC(=O)c1ccc(N)c(OCC(C)C)c1. The van der Waals surface area contributed by atoms with Crippen molar-refractivity contribution < 1.29 is 14.3 Å². The van der Waals surface area contributed by atoms with E-state index in [0.29, 0.717) is 49.3 Å². The van der Waals surface area contributed by atoms with E-state index in [9.17, 15) is 4.79 Å². The Morgan fingerprint density at radius 2 is 2.14 bits per heavy atom. The highest BCUT2D eigenvalue weighted by Gasteiger charge is 2.09. The zero-order chi connectivity index (χ0) is 15.7. The molecule has 0 saturated carbocycles. The number of amides is 1. The highest BCUT2D eigenvalue weighted by molar-refractivity contribution is 5.95. The summed E-state index contributed by atoms with van der Waals surface area (Å²) in [5, 5.41) is 2.85. The summed E-state index contributed by atoms with van der Waals surface area (Å²) in [6, 6.07) is 5.09. The van der Waals surface area contributed by atoms with E-state index in [1.54, 1.807) is 18.2 Å². The highest BCUT2D eigenvalue weighted by atomic mass is 16.5. The van der Waals surface area contributed by atoms with Gasteiger partial charge < -0.3 is 20.5 Å². The average molecular weight is 294 g/mol. The molecule has 0 heterocycles. The van der Waals surface area contributed by atoms with Gasteiger partial charge >= 0.3 is 0 Å². The molecule has 1 amide bonds. The van der Waals surface area contributed by atoms with E-state index in [1.807, 2.05) is 6.92 Å². The summed E-state index contributed by atoms with van der Waals surface area (Å²) in [5.74, 6) is 0.840. The Kier molecular flexibility index (Phi) is 7.61. The van der Waals surface area contributed by atoms with Gasteiger partial charge in [0.15, 0.2) is 0 Å². The van der Waals surface area contributed by atoms with Crippen LogP contribution in [0.3, 0.4) is 0 Å². The standard InChI is InChI=1S/C16H26N2O3/c1-4-20-9-5-8-18-16(19)13-6-7-14(17)15(10-13)21-11-12(2)3/h6-7,10,12H,4-5,8-9,11,17H2,1-3H3,(H,18,19). The van der Waals surface area contributed by atoms with Gasteiger partial charge in [0.25, 0.3) is 5.91 Å². The largest absolute Gasteiger partial charge is 0.491 e. The van der Waals surface area contributed by atoms with Crippen LogP contribution in [0.2, 0.25) is 0 Å². The molecule has 5 nitrogen and oxygen atoms in total. The number of rotatable bonds is 9. The van der Waals surface area contributed by atoms with Gasteiger partial charge in [0, 0.05) is 25.3 Å². The first-order chi connectivity index (χ1) is 10.0. The number of carbonyl (C=O) groups excluding carboxylic acids is 1. The Hall–Kier alpha value is -1.75. The van der Waals surface area contributed by atoms with Crippen molar-refractivity contribution in [2.45, 2.75) is 27.2 Å². The molecule has 0 atom stereocenters. The summed E-state index contributed by atoms with van der Waals surface area (Å²) in [6.07, 6.45) is 0.797. The van der Waals surface area contributed by atoms with Gasteiger partial charge in [0.1, 0.15) is 5.75 Å². The fourth-order valence-electron chi connectivity index (χ4n) is 1.68. The second kappa shape index (κ2) is 9.23. The Morgan fingerprint density at radius 3 is 2.81 bits per heavy atom. The first-order valence-electron chi connectivity index (χ1n) is 7.42. The molecule has 0 spiro atoms. The molecule has 118 valence electrons. The third-order valence-corrected chi connectivity index (χ3v) is 2.80. The van der Waals surface area contributed by atoms with Crippen molar-refractivity contribution in [1.29, 1.82) is 0 Å². The lowest BCUT2D eigenvalue weighted by atomic mass is 10.1. The van der Waals surface area contributed by atoms with E-state index in [2.05, 4.69) is 19.2 Å². The Morgan fingerprint density at radius 1 is 1.38 bits per heavy atom. The third-order valence-electron chi connectivity index (χ3n) is 2.80. The van der Waals surface area contributed by atoms with Crippen molar-refractivity contribution in [1.82, 2.24) is 5.32 Å². The average Bonchev–Trinajstić information content (AvgIpc) is 2.45. The number of benzene rings is 1. The number of nitrogen functional groups attached to an aromatic ring is 1. The molecule has 0 bridgehead atoms. The van der Waals surface area contributed by atoms with Crippen LogP contribution in [0, 0.1) is 5.92 Å². The molecular formula is C16H26N2O3. The van der Waals surface area contributed by atoms with Crippen LogP contribution >= 0.6 is 0 Å². The summed E-state index contributed by atoms with van der Waals surface area (Å²) < 4.78 is 10.8. The zero-order valence-electron chi connectivity index (χ0n) is 13.1. The maximum absolute atomic E-state index is 12.0. The molecule has 1 rings (SSSR count). The van der Waals surface area contributed by atoms with Gasteiger partial charge in [-0.1, -0.05) is 13.8 Å². The van der Waals surface area contributed by atoms with Crippen LogP contribution in [0.25, 0.3) is 0 Å². The number of nitrogens with two attached hydrogens (primary N) is 1. The quantitative estimate of drug-likeness (QED) is 0.542. The van der Waals surface area contributed by atoms with Crippen LogP contribution in [0.4, 0.5) is 5.69 Å². The molecule has 5 heteroatoms. The van der Waals surface area contributed by atoms with Gasteiger partial charge in [-0.3, -0.25) is 4.79 Å². The molecule has 0 aliphatic rings. The van der Waals surface area contributed by atoms with Gasteiger partial charge in [-0.2, -0.15) is 0 Å². The highest BCUT2D eigenvalue weighted by Crippen LogP contribution is 2.23. The van der Waals surface area contributed by atoms with Crippen molar-refractivity contribution in [2.75, 3.05) is 32.1 Å². The number of nitrogens with one attached hydrogen (secondary N) is 1. The molecule has 1 aromatic rings. The van der Waals surface area contributed by atoms with E-state index >= 15 is 0 Å². The maximum Gasteiger partial charge on any atom is 0.251 e. The van der Waals surface area contributed by atoms with Crippen molar-refractivity contribution in [3.8, 4) is 5.75 Å². The van der Waals surface area contributed by atoms with Crippen molar-refractivity contribution in [2.24, 2.45) is 5.92 Å². The van der Waals surface area contributed by atoms with Crippen LogP contribution in [0.15, 0.2) is 18.2 Å². The number of anilines is 1. The van der Waals surface area contributed by atoms with E-state index < -0.39 is 0 Å². The summed E-state index contributed by atoms with van der Waals surface area (Å²) in [5.41, 5.74) is 6.96. The predicted molar refractivity (Wildman–Crippen MR) is 84.6 cm³/mol. The number of ether oxygens (including phenoxy) is 2. The van der Waals surface area contributed by atoms with E-state index in [4.69, 9.17) is 15.2 Å². The van der Waals surface area contributed by atoms with Gasteiger partial charge in [-0.15, -0.1) is 0 Å². The van der Waals surface area contributed by atoms with E-state index in [1.165, 1.54) is 0 Å². The molecule has 0 fully saturated rings. The Labute approximate surface area is 126 Å². The van der Waals surface area contributed by atoms with Crippen LogP contribution in [-0.4, -0.2) is 32.3 Å². The predicted octanol–water partition coefficient (Wildman–Crippen LogP) is 2.46. The maximum atomic E-state index is 12.0. The molecule has 3 N–H and O–H groups in total. The van der Waals surface area contributed by atoms with Crippen molar-refractivity contribution in [3.63, 3.8) is 0 Å². The first kappa shape index (κ1) is 17.3. The lowest BCUT2D eigenvalue weighted by molar-refractivity contribution is 0.0944. The van der Waals surface area contributed by atoms with Crippen LogP contribution in [-0.2, 0) is 4.74 Å². The molecular weight excluding hydrogens is 268 g/mol. The fourth-order valence-corrected chi connectivity index (χ4v) is 1.68. The second-order valence-corrected chi connectivity index (χ2v) is 5.26.